The summed E-state index contributed by atoms with van der Waals surface area (Å²) in [5.41, 5.74) is 4.11. The summed E-state index contributed by atoms with van der Waals surface area (Å²) in [6.45, 7) is 14.1. The molecular weight excluding hydrogens is 486 g/mol. The third-order valence-corrected chi connectivity index (χ3v) is 3.64. The number of hydrogen-bond donors (Lipinski definition) is 0. The Kier molecular flexibility index (Phi) is 12.4. The second kappa shape index (κ2) is 13.4. The molecule has 0 radical (unpaired) electrons. The molecule has 0 aliphatic rings. The molecule has 0 atom stereocenters. The van der Waals surface area contributed by atoms with Crippen LogP contribution in [0.15, 0.2) is 65.7 Å². The van der Waals surface area contributed by atoms with Crippen LogP contribution in [0, 0.1) is 6.92 Å². The van der Waals surface area contributed by atoms with Gasteiger partial charge in [-0.05, 0) is 17.3 Å². The smallest absolute Gasteiger partial charge is 0.353 e. The average molecular weight is 515 g/mol. The van der Waals surface area contributed by atoms with E-state index in [0.717, 1.165) is 23.2 Å². The normalized spacial score (nSPS) is 9.58. The van der Waals surface area contributed by atoms with Crippen LogP contribution in [0.1, 0.15) is 51.3 Å². The van der Waals surface area contributed by atoms with Crippen molar-refractivity contribution in [1.29, 1.82) is 0 Å². The van der Waals surface area contributed by atoms with Crippen LogP contribution in [0.25, 0.3) is 10.8 Å². The Morgan fingerprint density at radius 1 is 0.846 bits per heavy atom. The molecule has 0 saturated heterocycles. The van der Waals surface area contributed by atoms with Crippen LogP contribution in [-0.2, 0) is 27.5 Å². The summed E-state index contributed by atoms with van der Waals surface area (Å²) in [4.78, 5) is 4.48. The minimum atomic E-state index is 0. The fourth-order valence-corrected chi connectivity index (χ4v) is 2.42. The summed E-state index contributed by atoms with van der Waals surface area (Å²) >= 11 is 0. The zero-order valence-electron chi connectivity index (χ0n) is 16.5. The second-order valence-electron chi connectivity index (χ2n) is 5.06. The Balaban J connectivity index is 0.00000117. The van der Waals surface area contributed by atoms with E-state index in [1.165, 1.54) is 16.3 Å². The van der Waals surface area contributed by atoms with Crippen molar-refractivity contribution in [2.75, 3.05) is 0 Å². The zero-order valence-corrected chi connectivity index (χ0v) is 19.5. The van der Waals surface area contributed by atoms with E-state index in [4.69, 9.17) is 0 Å². The molecule has 136 valence electrons. The van der Waals surface area contributed by atoms with Crippen molar-refractivity contribution in [3.05, 3.63) is 84.3 Å². The molecule has 3 rings (SSSR count). The molecular formula is C24H29NW. The summed E-state index contributed by atoms with van der Waals surface area (Å²) in [5.74, 6) is 0. The number of fused-ring (bicyclic) bond motifs is 1. The molecule has 0 spiro atoms. The molecule has 0 aromatic heterocycles. The summed E-state index contributed by atoms with van der Waals surface area (Å²) in [6.07, 6.45) is 4.17. The quantitative estimate of drug-likeness (QED) is 0.257. The van der Waals surface area contributed by atoms with Crippen molar-refractivity contribution < 1.29 is 21.1 Å². The monoisotopic (exact) mass is 515 g/mol. The number of aryl methyl sites for hydroxylation is 1. The summed E-state index contributed by atoms with van der Waals surface area (Å²) in [5, 5.41) is 2.48. The van der Waals surface area contributed by atoms with Gasteiger partial charge in [-0.25, -0.2) is 0 Å². The van der Waals surface area contributed by atoms with Gasteiger partial charge in [0.25, 0.3) is 0 Å². The largest absolute Gasteiger partial charge is 2.00 e. The average Bonchev–Trinajstić information content (AvgIpc) is 2.69. The van der Waals surface area contributed by atoms with E-state index in [2.05, 4.69) is 61.5 Å². The van der Waals surface area contributed by atoms with Crippen molar-refractivity contribution >= 4 is 22.7 Å². The maximum atomic E-state index is 4.48. The van der Waals surface area contributed by atoms with Crippen LogP contribution in [0.3, 0.4) is 0 Å². The molecule has 0 aliphatic heterocycles. The Labute approximate surface area is 173 Å². The predicted octanol–water partition coefficient (Wildman–Crippen LogP) is 7.26. The number of aliphatic imine (C=N–C) groups is 1. The fraction of sp³-hybridized carbons (Fsp3) is 0.250. The minimum Gasteiger partial charge on any atom is -0.353 e. The molecule has 2 heteroatoms. The van der Waals surface area contributed by atoms with E-state index in [1.807, 2.05) is 52.0 Å². The van der Waals surface area contributed by atoms with E-state index in [0.29, 0.717) is 0 Å². The summed E-state index contributed by atoms with van der Waals surface area (Å²) < 4.78 is 0. The van der Waals surface area contributed by atoms with Crippen molar-refractivity contribution in [2.24, 2.45) is 4.99 Å². The van der Waals surface area contributed by atoms with E-state index < -0.39 is 0 Å². The first-order chi connectivity index (χ1) is 12.3. The molecule has 0 bridgehead atoms. The molecule has 0 amide bonds. The first-order valence-electron chi connectivity index (χ1n) is 9.17. The van der Waals surface area contributed by atoms with Gasteiger partial charge in [-0.2, -0.15) is 18.6 Å². The van der Waals surface area contributed by atoms with Gasteiger partial charge in [-0.3, -0.25) is 0 Å². The van der Waals surface area contributed by atoms with Crippen LogP contribution < -0.4 is 0 Å². The van der Waals surface area contributed by atoms with Gasteiger partial charge in [0.15, 0.2) is 0 Å². The summed E-state index contributed by atoms with van der Waals surface area (Å²) in [7, 11) is 0. The number of para-hydroxylation sites is 1. The number of nitrogens with zero attached hydrogens (tertiary/aromatic N) is 1. The predicted molar refractivity (Wildman–Crippen MR) is 113 cm³/mol. The summed E-state index contributed by atoms with van der Waals surface area (Å²) in [6, 6.07) is 20.6. The molecule has 0 fully saturated rings. The standard InChI is InChI=1S/C20H17N.2C2H6.W/c1-3-16-12-17-9-5-6-10-18(17)13-19(16)14-21-20-11-7-4-8-15(20)2;2*1-2;/h4-13H,2-3H2,1H3;2*1-2H3;/q-2;;;+2. The molecule has 1 nitrogen and oxygen atoms in total. The van der Waals surface area contributed by atoms with Gasteiger partial charge in [-0.1, -0.05) is 88.9 Å². The number of benzene rings is 3. The molecule has 3 aromatic rings. The van der Waals surface area contributed by atoms with Crippen LogP contribution in [-0.4, -0.2) is 6.21 Å². The second-order valence-corrected chi connectivity index (χ2v) is 5.06. The van der Waals surface area contributed by atoms with E-state index in [-0.39, 0.29) is 21.1 Å². The van der Waals surface area contributed by atoms with Crippen molar-refractivity contribution in [3.8, 4) is 0 Å². The first kappa shape index (κ1) is 24.1. The van der Waals surface area contributed by atoms with Crippen molar-refractivity contribution in [2.45, 2.75) is 41.0 Å². The van der Waals surface area contributed by atoms with E-state index >= 15 is 0 Å². The number of rotatable bonds is 3. The van der Waals surface area contributed by atoms with Gasteiger partial charge in [-0.15, -0.1) is 23.3 Å². The van der Waals surface area contributed by atoms with Gasteiger partial charge in [0.05, 0.1) is 0 Å². The molecule has 26 heavy (non-hydrogen) atoms. The molecule has 0 heterocycles. The van der Waals surface area contributed by atoms with Crippen LogP contribution in [0.4, 0.5) is 5.69 Å². The molecule has 0 aliphatic carbocycles. The van der Waals surface area contributed by atoms with Gasteiger partial charge in [0.2, 0.25) is 0 Å². The maximum Gasteiger partial charge on any atom is 2.00 e. The Hall–Kier alpha value is -1.85. The van der Waals surface area contributed by atoms with E-state index in [1.54, 1.807) is 0 Å². The Morgan fingerprint density at radius 2 is 1.38 bits per heavy atom. The molecule has 0 saturated carbocycles. The molecule has 0 unspecified atom stereocenters. The minimum absolute atomic E-state index is 0. The topological polar surface area (TPSA) is 12.4 Å². The fourth-order valence-electron chi connectivity index (χ4n) is 2.42. The van der Waals surface area contributed by atoms with Crippen molar-refractivity contribution in [3.63, 3.8) is 0 Å². The van der Waals surface area contributed by atoms with Crippen molar-refractivity contribution in [1.82, 2.24) is 0 Å². The van der Waals surface area contributed by atoms with Crippen LogP contribution in [0.5, 0.6) is 0 Å². The Morgan fingerprint density at radius 3 is 1.96 bits per heavy atom. The van der Waals surface area contributed by atoms with Crippen LogP contribution >= 0.6 is 0 Å². The molecule has 3 aromatic carbocycles. The van der Waals surface area contributed by atoms with Gasteiger partial charge >= 0.3 is 21.1 Å². The molecule has 0 N–H and O–H groups in total. The van der Waals surface area contributed by atoms with Crippen LogP contribution in [0.2, 0.25) is 0 Å². The van der Waals surface area contributed by atoms with E-state index in [9.17, 15) is 0 Å². The number of hydrogen-bond acceptors (Lipinski definition) is 1. The SMILES string of the molecule is CC.CC.[CH2-]c1ccccc1N=[C-]c1cc2ccccc2cc1CC.[W+2]. The van der Waals surface area contributed by atoms with Gasteiger partial charge in [0, 0.05) is 0 Å². The zero-order chi connectivity index (χ0) is 18.7. The third-order valence-electron chi connectivity index (χ3n) is 3.64. The van der Waals surface area contributed by atoms with Gasteiger partial charge < -0.3 is 4.99 Å². The first-order valence-corrected chi connectivity index (χ1v) is 9.17. The van der Waals surface area contributed by atoms with Gasteiger partial charge in [0.1, 0.15) is 0 Å². The third kappa shape index (κ3) is 6.46. The maximum absolute atomic E-state index is 4.48. The Bertz CT molecular complexity index is 806.